The number of carbonyl (C=O) groups excluding carboxylic acids is 1. The van der Waals surface area contributed by atoms with Gasteiger partial charge in [-0.05, 0) is 18.6 Å². The number of amides is 1. The summed E-state index contributed by atoms with van der Waals surface area (Å²) in [7, 11) is 1.40. The monoisotopic (exact) mass is 372 g/mol. The predicted octanol–water partition coefficient (Wildman–Crippen LogP) is 2.21. The average molecular weight is 372 g/mol. The van der Waals surface area contributed by atoms with Gasteiger partial charge in [0.25, 0.3) is 0 Å². The van der Waals surface area contributed by atoms with Gasteiger partial charge in [-0.2, -0.15) is 0 Å². The minimum atomic E-state index is -0.316. The third-order valence-corrected chi connectivity index (χ3v) is 4.59. The maximum Gasteiger partial charge on any atom is 0.411 e. The van der Waals surface area contributed by atoms with E-state index in [1.807, 2.05) is 28.9 Å². The van der Waals surface area contributed by atoms with Crippen LogP contribution in [0.1, 0.15) is 12.6 Å². The number of likely N-dealkylation sites (tertiary alicyclic amines) is 1. The molecule has 2 aromatic rings. The number of ether oxygens (including phenoxy) is 1. The molecule has 1 aromatic heterocycles. The van der Waals surface area contributed by atoms with Crippen molar-refractivity contribution < 1.29 is 9.53 Å². The van der Waals surface area contributed by atoms with Gasteiger partial charge >= 0.3 is 6.09 Å². The first-order valence-electron chi connectivity index (χ1n) is 6.01. The maximum absolute atomic E-state index is 11.8. The lowest BCUT2D eigenvalue weighted by molar-refractivity contribution is 0.103. The Labute approximate surface area is 123 Å². The molecule has 2 heterocycles. The van der Waals surface area contributed by atoms with E-state index in [0.29, 0.717) is 10.5 Å². The Bertz CT molecular complexity index is 615. The van der Waals surface area contributed by atoms with Crippen LogP contribution in [0.15, 0.2) is 24.3 Å². The van der Waals surface area contributed by atoms with Gasteiger partial charge in [-0.15, -0.1) is 5.10 Å². The van der Waals surface area contributed by atoms with Crippen molar-refractivity contribution in [1.82, 2.24) is 19.9 Å². The zero-order valence-corrected chi connectivity index (χ0v) is 12.5. The Morgan fingerprint density at radius 1 is 1.47 bits per heavy atom. The summed E-state index contributed by atoms with van der Waals surface area (Å²) in [5.41, 5.74) is 1.77. The van der Waals surface area contributed by atoms with Crippen molar-refractivity contribution in [1.29, 1.82) is 0 Å². The molecule has 0 N–H and O–H groups in total. The molecule has 6 nitrogen and oxygen atoms in total. The molecule has 0 radical (unpaired) electrons. The summed E-state index contributed by atoms with van der Waals surface area (Å²) in [5, 5.41) is 8.36. The van der Waals surface area contributed by atoms with Crippen molar-refractivity contribution >= 4 is 39.7 Å². The maximum atomic E-state index is 11.8. The average Bonchev–Trinajstić information content (AvgIpc) is 3.01. The van der Waals surface area contributed by atoms with Crippen molar-refractivity contribution in [3.05, 3.63) is 24.3 Å². The molecule has 1 saturated heterocycles. The molecular weight excluding hydrogens is 359 g/mol. The molecule has 1 aliphatic rings. The van der Waals surface area contributed by atoms with E-state index in [1.54, 1.807) is 4.90 Å². The van der Waals surface area contributed by atoms with Gasteiger partial charge in [0.1, 0.15) is 11.7 Å². The van der Waals surface area contributed by atoms with E-state index in [1.165, 1.54) is 7.11 Å². The molecule has 0 spiro atoms. The molecule has 3 rings (SSSR count). The summed E-state index contributed by atoms with van der Waals surface area (Å²) in [6, 6.07) is 7.75. The minimum Gasteiger partial charge on any atom is -0.453 e. The van der Waals surface area contributed by atoms with E-state index in [4.69, 9.17) is 4.74 Å². The second kappa shape index (κ2) is 4.95. The Kier molecular flexibility index (Phi) is 3.29. The Hall–Kier alpha value is -1.38. The van der Waals surface area contributed by atoms with E-state index < -0.39 is 0 Å². The number of alkyl halides is 1. The van der Waals surface area contributed by atoms with Gasteiger partial charge in [-0.1, -0.05) is 39.9 Å². The van der Waals surface area contributed by atoms with Gasteiger partial charge in [0.05, 0.1) is 16.6 Å². The number of halogens is 1. The summed E-state index contributed by atoms with van der Waals surface area (Å²) in [6.07, 6.45) is 0.471. The predicted molar refractivity (Wildman–Crippen MR) is 78.1 cm³/mol. The molecule has 7 heteroatoms. The van der Waals surface area contributed by atoms with Crippen LogP contribution in [-0.2, 0) is 4.74 Å². The summed E-state index contributed by atoms with van der Waals surface area (Å²) < 4.78 is 6.95. The van der Waals surface area contributed by atoms with Crippen LogP contribution in [0.2, 0.25) is 0 Å². The largest absolute Gasteiger partial charge is 0.453 e. The quantitative estimate of drug-likeness (QED) is 0.569. The number of methoxy groups -OCH3 is 1. The van der Waals surface area contributed by atoms with E-state index in [2.05, 4.69) is 32.9 Å². The highest BCUT2D eigenvalue weighted by atomic mass is 127. The molecule has 1 fully saturated rings. The third kappa shape index (κ3) is 2.05. The molecule has 0 bridgehead atoms. The fourth-order valence-electron chi connectivity index (χ4n) is 2.42. The number of nitrogens with zero attached hydrogens (tertiary/aromatic N) is 4. The van der Waals surface area contributed by atoms with E-state index >= 15 is 0 Å². The number of carbonyl (C=O) groups is 1. The third-order valence-electron chi connectivity index (χ3n) is 3.33. The standard InChI is InChI=1S/C12H13IN4O2/c1-19-12(18)16-7-6-8(13)11(16)17-10-5-3-2-4-9(10)14-15-17/h2-5,8,11H,6-7H2,1H3/t8-,11-/m1/s1. The topological polar surface area (TPSA) is 60.2 Å². The van der Waals surface area contributed by atoms with E-state index in [9.17, 15) is 4.79 Å². The Morgan fingerprint density at radius 2 is 2.26 bits per heavy atom. The molecular formula is C12H13IN4O2. The summed E-state index contributed by atoms with van der Waals surface area (Å²) in [5.74, 6) is 0. The highest BCUT2D eigenvalue weighted by Gasteiger charge is 2.39. The lowest BCUT2D eigenvalue weighted by Crippen LogP contribution is -2.36. The van der Waals surface area contributed by atoms with E-state index in [0.717, 1.165) is 17.5 Å². The first kappa shape index (κ1) is 12.6. The lowest BCUT2D eigenvalue weighted by atomic mass is 10.3. The van der Waals surface area contributed by atoms with Crippen LogP contribution in [0.5, 0.6) is 0 Å². The molecule has 1 amide bonds. The summed E-state index contributed by atoms with van der Waals surface area (Å²) in [6.45, 7) is 0.680. The first-order chi connectivity index (χ1) is 9.22. The number of rotatable bonds is 1. The van der Waals surface area contributed by atoms with Crippen LogP contribution >= 0.6 is 22.6 Å². The zero-order valence-electron chi connectivity index (χ0n) is 10.4. The van der Waals surface area contributed by atoms with Crippen LogP contribution in [0.4, 0.5) is 4.79 Å². The number of hydrogen-bond donors (Lipinski definition) is 0. The van der Waals surface area contributed by atoms with Gasteiger partial charge in [0.15, 0.2) is 0 Å². The number of benzene rings is 1. The van der Waals surface area contributed by atoms with Crippen LogP contribution in [0, 0.1) is 0 Å². The molecule has 2 atom stereocenters. The number of fused-ring (bicyclic) bond motifs is 1. The second-order valence-corrected chi connectivity index (χ2v) is 6.00. The van der Waals surface area contributed by atoms with Crippen molar-refractivity contribution in [2.24, 2.45) is 0 Å². The second-order valence-electron chi connectivity index (χ2n) is 4.40. The van der Waals surface area contributed by atoms with Crippen LogP contribution in [0.3, 0.4) is 0 Å². The smallest absolute Gasteiger partial charge is 0.411 e. The molecule has 19 heavy (non-hydrogen) atoms. The SMILES string of the molecule is COC(=O)N1CC[C@@H](I)[C@H]1n1nnc2ccccc21. The molecule has 0 unspecified atom stereocenters. The van der Waals surface area contributed by atoms with Gasteiger partial charge in [-0.3, -0.25) is 4.90 Å². The molecule has 0 saturated carbocycles. The van der Waals surface area contributed by atoms with Gasteiger partial charge < -0.3 is 4.74 Å². The number of para-hydroxylation sites is 1. The molecule has 1 aromatic carbocycles. The molecule has 1 aliphatic heterocycles. The molecule has 0 aliphatic carbocycles. The Balaban J connectivity index is 2.05. The zero-order chi connectivity index (χ0) is 13.4. The van der Waals surface area contributed by atoms with Crippen molar-refractivity contribution in [2.45, 2.75) is 16.5 Å². The highest BCUT2D eigenvalue weighted by molar-refractivity contribution is 14.1. The van der Waals surface area contributed by atoms with Crippen molar-refractivity contribution in [3.63, 3.8) is 0 Å². The van der Waals surface area contributed by atoms with Gasteiger partial charge in [-0.25, -0.2) is 9.48 Å². The minimum absolute atomic E-state index is 0.138. The van der Waals surface area contributed by atoms with Crippen LogP contribution in [-0.4, -0.2) is 43.6 Å². The summed E-state index contributed by atoms with van der Waals surface area (Å²) in [4.78, 5) is 13.5. The molecule has 100 valence electrons. The lowest BCUT2D eigenvalue weighted by Gasteiger charge is -2.25. The highest BCUT2D eigenvalue weighted by Crippen LogP contribution is 2.34. The number of hydrogen-bond acceptors (Lipinski definition) is 4. The van der Waals surface area contributed by atoms with E-state index in [-0.39, 0.29) is 12.3 Å². The number of aromatic nitrogens is 3. The van der Waals surface area contributed by atoms with Crippen molar-refractivity contribution in [2.75, 3.05) is 13.7 Å². The van der Waals surface area contributed by atoms with Crippen LogP contribution < -0.4 is 0 Å². The van der Waals surface area contributed by atoms with Gasteiger partial charge in [0.2, 0.25) is 0 Å². The fourth-order valence-corrected chi connectivity index (χ4v) is 3.39. The fraction of sp³-hybridized carbons (Fsp3) is 0.417. The Morgan fingerprint density at radius 3 is 3.05 bits per heavy atom. The normalized spacial score (nSPS) is 22.9. The van der Waals surface area contributed by atoms with Crippen molar-refractivity contribution in [3.8, 4) is 0 Å². The first-order valence-corrected chi connectivity index (χ1v) is 7.25. The summed E-state index contributed by atoms with van der Waals surface area (Å²) >= 11 is 2.35. The van der Waals surface area contributed by atoms with Crippen LogP contribution in [0.25, 0.3) is 11.0 Å². The van der Waals surface area contributed by atoms with Gasteiger partial charge in [0, 0.05) is 6.54 Å².